The van der Waals surface area contributed by atoms with Crippen LogP contribution in [0.3, 0.4) is 0 Å². The fourth-order valence-electron chi connectivity index (χ4n) is 1.62. The predicted octanol–water partition coefficient (Wildman–Crippen LogP) is 4.55. The van der Waals surface area contributed by atoms with Crippen molar-refractivity contribution in [3.63, 3.8) is 0 Å². The summed E-state index contributed by atoms with van der Waals surface area (Å²) in [5.41, 5.74) is 0. The second-order valence-corrected chi connectivity index (χ2v) is 5.16. The Kier molecular flexibility index (Phi) is 15.4. The van der Waals surface area contributed by atoms with E-state index in [2.05, 4.69) is 34.4 Å². The van der Waals surface area contributed by atoms with Crippen LogP contribution >= 0.6 is 22.6 Å². The van der Waals surface area contributed by atoms with Gasteiger partial charge in [0, 0.05) is 30.5 Å². The normalized spacial score (nSPS) is 10.4. The van der Waals surface area contributed by atoms with Gasteiger partial charge in [-0.25, -0.2) is 0 Å². The molecule has 106 valence electrons. The summed E-state index contributed by atoms with van der Waals surface area (Å²) in [4.78, 5) is 0. The van der Waals surface area contributed by atoms with E-state index in [4.69, 9.17) is 9.47 Å². The van der Waals surface area contributed by atoms with Crippen LogP contribution in [0.4, 0.5) is 0 Å². The highest BCUT2D eigenvalue weighted by molar-refractivity contribution is 14.1. The van der Waals surface area contributed by atoms with Crippen LogP contribution < -0.4 is 0 Å². The number of hydrogen-bond acceptors (Lipinski definition) is 2. The smallest absolute Gasteiger partial charge is 0.157 e. The summed E-state index contributed by atoms with van der Waals surface area (Å²) in [7, 11) is 0. The largest absolute Gasteiger partial charge is 0.353 e. The number of rotatable bonds is 11. The van der Waals surface area contributed by atoms with Gasteiger partial charge in [-0.3, -0.25) is 0 Å². The summed E-state index contributed by atoms with van der Waals surface area (Å²) in [6.07, 6.45) is 7.89. The fraction of sp³-hybridized carbons (Fsp3) is 0.867. The average molecular weight is 366 g/mol. The summed E-state index contributed by atoms with van der Waals surface area (Å²) < 4.78 is 12.2. The van der Waals surface area contributed by atoms with Crippen LogP contribution in [-0.2, 0) is 9.47 Å². The van der Waals surface area contributed by atoms with Gasteiger partial charge in [0.25, 0.3) is 0 Å². The number of unbranched alkanes of at least 4 members (excludes halogenated alkanes) is 4. The van der Waals surface area contributed by atoms with E-state index in [0.29, 0.717) is 0 Å². The summed E-state index contributed by atoms with van der Waals surface area (Å²) in [6.45, 7) is 5.48. The molecular formula is C15H27IO2. The second-order valence-electron chi connectivity index (χ2n) is 4.09. The van der Waals surface area contributed by atoms with Crippen molar-refractivity contribution < 1.29 is 9.47 Å². The van der Waals surface area contributed by atoms with Crippen molar-refractivity contribution in [2.24, 2.45) is 0 Å². The van der Waals surface area contributed by atoms with Gasteiger partial charge >= 0.3 is 0 Å². The first-order valence-electron chi connectivity index (χ1n) is 7.10. The van der Waals surface area contributed by atoms with Crippen LogP contribution in [0.1, 0.15) is 58.8 Å². The highest BCUT2D eigenvalue weighted by atomic mass is 127. The molecule has 0 N–H and O–H groups in total. The lowest BCUT2D eigenvalue weighted by Gasteiger charge is -2.16. The third-order valence-corrected chi connectivity index (χ3v) is 3.27. The van der Waals surface area contributed by atoms with Gasteiger partial charge in [-0.1, -0.05) is 29.0 Å². The molecule has 0 radical (unpaired) electrons. The molecule has 0 bridgehead atoms. The summed E-state index contributed by atoms with van der Waals surface area (Å²) >= 11 is 2.39. The Morgan fingerprint density at radius 3 is 2.06 bits per heavy atom. The van der Waals surface area contributed by atoms with Gasteiger partial charge in [0.1, 0.15) is 0 Å². The molecule has 2 nitrogen and oxygen atoms in total. The lowest BCUT2D eigenvalue weighted by molar-refractivity contribution is -0.140. The zero-order valence-corrected chi connectivity index (χ0v) is 14.0. The van der Waals surface area contributed by atoms with Gasteiger partial charge in [0.05, 0.1) is 0 Å². The molecule has 0 aliphatic carbocycles. The summed E-state index contributed by atoms with van der Waals surface area (Å²) in [5, 5.41) is 0. The maximum absolute atomic E-state index is 5.50. The third kappa shape index (κ3) is 12.7. The van der Waals surface area contributed by atoms with E-state index >= 15 is 0 Å². The van der Waals surface area contributed by atoms with E-state index < -0.39 is 0 Å². The van der Waals surface area contributed by atoms with Crippen LogP contribution in [0, 0.1) is 11.8 Å². The summed E-state index contributed by atoms with van der Waals surface area (Å²) in [5.74, 6) is 6.47. The molecule has 0 aromatic carbocycles. The van der Waals surface area contributed by atoms with E-state index in [1.165, 1.54) is 30.1 Å². The molecule has 0 saturated heterocycles. The molecule has 0 saturated carbocycles. The van der Waals surface area contributed by atoms with Crippen LogP contribution in [-0.4, -0.2) is 23.9 Å². The van der Waals surface area contributed by atoms with Crippen LogP contribution in [0.2, 0.25) is 0 Å². The quantitative estimate of drug-likeness (QED) is 0.176. The van der Waals surface area contributed by atoms with Gasteiger partial charge in [0.2, 0.25) is 0 Å². The molecule has 18 heavy (non-hydrogen) atoms. The fourth-order valence-corrected chi connectivity index (χ4v) is 2.00. The first kappa shape index (κ1) is 18.2. The Hall–Kier alpha value is 0.210. The van der Waals surface area contributed by atoms with Crippen LogP contribution in [0.15, 0.2) is 0 Å². The molecule has 0 aromatic heterocycles. The monoisotopic (exact) mass is 366 g/mol. The molecule has 0 amide bonds. The molecule has 0 aromatic rings. The van der Waals surface area contributed by atoms with E-state index in [1.54, 1.807) is 0 Å². The number of hydrogen-bond donors (Lipinski definition) is 0. The predicted molar refractivity (Wildman–Crippen MR) is 86.0 cm³/mol. The SMILES string of the molecule is CCOC(CCCCCC#CCCCI)OCC. The lowest BCUT2D eigenvalue weighted by atomic mass is 10.1. The first-order chi connectivity index (χ1) is 8.85. The van der Waals surface area contributed by atoms with Crippen molar-refractivity contribution in [1.29, 1.82) is 0 Å². The Morgan fingerprint density at radius 1 is 0.889 bits per heavy atom. The van der Waals surface area contributed by atoms with Gasteiger partial charge < -0.3 is 9.47 Å². The second kappa shape index (κ2) is 15.3. The van der Waals surface area contributed by atoms with Crippen molar-refractivity contribution in [3.05, 3.63) is 0 Å². The maximum atomic E-state index is 5.50. The Labute approximate surface area is 126 Å². The Balaban J connectivity index is 3.38. The maximum Gasteiger partial charge on any atom is 0.157 e. The molecule has 0 spiro atoms. The van der Waals surface area contributed by atoms with E-state index in [9.17, 15) is 0 Å². The highest BCUT2D eigenvalue weighted by Gasteiger charge is 2.06. The Morgan fingerprint density at radius 2 is 1.50 bits per heavy atom. The van der Waals surface area contributed by atoms with Crippen molar-refractivity contribution in [1.82, 2.24) is 0 Å². The van der Waals surface area contributed by atoms with Gasteiger partial charge in [-0.2, -0.15) is 0 Å². The minimum Gasteiger partial charge on any atom is -0.353 e. The zero-order chi connectivity index (χ0) is 13.5. The number of halogens is 1. The van der Waals surface area contributed by atoms with Crippen molar-refractivity contribution in [3.8, 4) is 11.8 Å². The van der Waals surface area contributed by atoms with Crippen molar-refractivity contribution in [2.75, 3.05) is 17.6 Å². The Bertz CT molecular complexity index is 214. The molecule has 0 unspecified atom stereocenters. The zero-order valence-electron chi connectivity index (χ0n) is 11.8. The lowest BCUT2D eigenvalue weighted by Crippen LogP contribution is -2.17. The number of ether oxygens (including phenoxy) is 2. The molecule has 0 heterocycles. The first-order valence-corrected chi connectivity index (χ1v) is 8.62. The molecule has 3 heteroatoms. The highest BCUT2D eigenvalue weighted by Crippen LogP contribution is 2.09. The molecule has 0 fully saturated rings. The van der Waals surface area contributed by atoms with Crippen molar-refractivity contribution >= 4 is 22.6 Å². The molecular weight excluding hydrogens is 339 g/mol. The molecule has 0 aliphatic rings. The van der Waals surface area contributed by atoms with E-state index in [1.807, 2.05) is 13.8 Å². The van der Waals surface area contributed by atoms with Crippen LogP contribution in [0.25, 0.3) is 0 Å². The average Bonchev–Trinajstić information content (AvgIpc) is 2.37. The van der Waals surface area contributed by atoms with Gasteiger partial charge in [-0.15, -0.1) is 11.8 Å². The van der Waals surface area contributed by atoms with Gasteiger partial charge in [0.15, 0.2) is 6.29 Å². The third-order valence-electron chi connectivity index (χ3n) is 2.51. The molecule has 0 rings (SSSR count). The number of alkyl halides is 1. The molecule has 0 atom stereocenters. The van der Waals surface area contributed by atoms with E-state index in [-0.39, 0.29) is 6.29 Å². The van der Waals surface area contributed by atoms with Crippen LogP contribution in [0.5, 0.6) is 0 Å². The summed E-state index contributed by atoms with van der Waals surface area (Å²) in [6, 6.07) is 0. The van der Waals surface area contributed by atoms with Gasteiger partial charge in [-0.05, 0) is 39.5 Å². The molecule has 0 aliphatic heterocycles. The standard InChI is InChI=1S/C15H27IO2/c1-3-17-15(18-4-2)13-11-9-7-5-6-8-10-12-14-16/h15H,3-5,7,9-14H2,1-2H3. The minimum atomic E-state index is -0.00487. The minimum absolute atomic E-state index is 0.00487. The topological polar surface area (TPSA) is 18.5 Å². The van der Waals surface area contributed by atoms with Crippen molar-refractivity contribution in [2.45, 2.75) is 65.1 Å². The van der Waals surface area contributed by atoms with E-state index in [0.717, 1.165) is 32.5 Å².